The number of fused-ring (bicyclic) bond motifs is 1. The quantitative estimate of drug-likeness (QED) is 0.432. The topological polar surface area (TPSA) is 52.0 Å². The van der Waals surface area contributed by atoms with E-state index in [2.05, 4.69) is 108 Å². The third kappa shape index (κ3) is 3.96. The van der Waals surface area contributed by atoms with Crippen LogP contribution in [0.5, 0.6) is 5.75 Å². The van der Waals surface area contributed by atoms with E-state index in [9.17, 15) is 0 Å². The fourth-order valence-electron chi connectivity index (χ4n) is 3.19. The summed E-state index contributed by atoms with van der Waals surface area (Å²) in [5.41, 5.74) is 3.17. The van der Waals surface area contributed by atoms with E-state index in [1.54, 1.807) is 6.33 Å². The third-order valence-electron chi connectivity index (χ3n) is 5.97. The Hall–Kier alpha value is -2.38. The molecule has 1 N–H and O–H groups in total. The van der Waals surface area contributed by atoms with Gasteiger partial charge in [-0.05, 0) is 54.0 Å². The summed E-state index contributed by atoms with van der Waals surface area (Å²) < 4.78 is 9.64. The number of benzene rings is 2. The molecule has 2 heterocycles. The van der Waals surface area contributed by atoms with Gasteiger partial charge in [0, 0.05) is 10.0 Å². The number of anilines is 1. The molecule has 1 aromatic heterocycles. The molecule has 0 saturated heterocycles. The predicted octanol–water partition coefficient (Wildman–Crippen LogP) is 6.48. The van der Waals surface area contributed by atoms with Crippen LogP contribution in [0.3, 0.4) is 0 Å². The first-order chi connectivity index (χ1) is 14.2. The molecule has 0 spiro atoms. The maximum absolute atomic E-state index is 6.69. The van der Waals surface area contributed by atoms with E-state index in [0.717, 1.165) is 33.0 Å². The summed E-state index contributed by atoms with van der Waals surface area (Å²) in [5, 5.41) is 8.01. The Kier molecular flexibility index (Phi) is 5.36. The Morgan fingerprint density at radius 2 is 1.77 bits per heavy atom. The lowest BCUT2D eigenvalue weighted by Crippen LogP contribution is -2.44. The third-order valence-corrected chi connectivity index (χ3v) is 10.8. The van der Waals surface area contributed by atoms with Gasteiger partial charge in [-0.3, -0.25) is 0 Å². The van der Waals surface area contributed by atoms with Gasteiger partial charge in [-0.15, -0.1) is 0 Å². The molecule has 156 valence electrons. The van der Waals surface area contributed by atoms with Crippen LogP contribution in [0.15, 0.2) is 65.4 Å². The Morgan fingerprint density at radius 1 is 1.07 bits per heavy atom. The molecule has 1 unspecified atom stereocenters. The van der Waals surface area contributed by atoms with Crippen molar-refractivity contribution in [2.24, 2.45) is 0 Å². The predicted molar refractivity (Wildman–Crippen MR) is 128 cm³/mol. The number of hydrogen-bond donors (Lipinski definition) is 1. The standard InChI is InChI=1S/C23H27BrN4OSi/c1-23(2,3)30(4,5)29-21-9-7-6-8-18(21)19-14-20(16-10-12-17(24)13-11-16)28-22(27-19)25-15-26-28/h6-15,20H,1-5H3,(H,25,26,27). The van der Waals surface area contributed by atoms with Crippen molar-refractivity contribution in [1.82, 2.24) is 14.8 Å². The first-order valence-corrected chi connectivity index (χ1v) is 13.8. The van der Waals surface area contributed by atoms with Crippen LogP contribution in [-0.4, -0.2) is 23.1 Å². The molecule has 1 atom stereocenters. The van der Waals surface area contributed by atoms with Crippen molar-refractivity contribution in [3.05, 3.63) is 76.5 Å². The van der Waals surface area contributed by atoms with Crippen LogP contribution in [0, 0.1) is 0 Å². The largest absolute Gasteiger partial charge is 0.543 e. The smallest absolute Gasteiger partial charge is 0.250 e. The van der Waals surface area contributed by atoms with Crippen molar-refractivity contribution in [2.45, 2.75) is 44.9 Å². The van der Waals surface area contributed by atoms with Gasteiger partial charge in [0.1, 0.15) is 18.1 Å². The summed E-state index contributed by atoms with van der Waals surface area (Å²) in [7, 11) is -1.98. The fourth-order valence-corrected chi connectivity index (χ4v) is 4.49. The molecular weight excluding hydrogens is 456 g/mol. The summed E-state index contributed by atoms with van der Waals surface area (Å²) in [6, 6.07) is 16.5. The average Bonchev–Trinajstić information content (AvgIpc) is 3.16. The second-order valence-electron chi connectivity index (χ2n) is 9.09. The fraction of sp³-hybridized carbons (Fsp3) is 0.304. The summed E-state index contributed by atoms with van der Waals surface area (Å²) in [6.07, 6.45) is 3.78. The molecule has 1 aliphatic heterocycles. The highest BCUT2D eigenvalue weighted by Crippen LogP contribution is 2.40. The number of para-hydroxylation sites is 1. The van der Waals surface area contributed by atoms with E-state index in [4.69, 9.17) is 4.43 Å². The maximum Gasteiger partial charge on any atom is 0.250 e. The molecular formula is C23H27BrN4OSi. The first kappa shape index (κ1) is 20.9. The molecule has 7 heteroatoms. The van der Waals surface area contributed by atoms with Gasteiger partial charge < -0.3 is 9.74 Å². The van der Waals surface area contributed by atoms with E-state index < -0.39 is 8.32 Å². The number of hydrogen-bond acceptors (Lipinski definition) is 4. The number of rotatable bonds is 4. The van der Waals surface area contributed by atoms with Gasteiger partial charge in [0.2, 0.25) is 5.95 Å². The van der Waals surface area contributed by atoms with Crippen LogP contribution in [0.4, 0.5) is 5.95 Å². The van der Waals surface area contributed by atoms with E-state index in [1.165, 1.54) is 0 Å². The van der Waals surface area contributed by atoms with Crippen molar-refractivity contribution >= 4 is 35.9 Å². The van der Waals surface area contributed by atoms with Crippen LogP contribution < -0.4 is 9.74 Å². The number of allylic oxidation sites excluding steroid dienone is 1. The van der Waals surface area contributed by atoms with Crippen molar-refractivity contribution in [3.63, 3.8) is 0 Å². The maximum atomic E-state index is 6.69. The van der Waals surface area contributed by atoms with E-state index in [0.29, 0.717) is 0 Å². The zero-order chi connectivity index (χ0) is 21.5. The number of halogens is 1. The second-order valence-corrected chi connectivity index (χ2v) is 14.7. The van der Waals surface area contributed by atoms with E-state index >= 15 is 0 Å². The summed E-state index contributed by atoms with van der Waals surface area (Å²) in [5.74, 6) is 1.63. The Balaban J connectivity index is 1.77. The van der Waals surface area contributed by atoms with Gasteiger partial charge in [-0.25, -0.2) is 4.68 Å². The molecule has 0 aliphatic carbocycles. The first-order valence-electron chi connectivity index (χ1n) is 10.1. The van der Waals surface area contributed by atoms with E-state index in [1.807, 2.05) is 16.8 Å². The highest BCUT2D eigenvalue weighted by atomic mass is 79.9. The van der Waals surface area contributed by atoms with Gasteiger partial charge in [-0.2, -0.15) is 10.1 Å². The average molecular weight is 483 g/mol. The van der Waals surface area contributed by atoms with Crippen LogP contribution >= 0.6 is 15.9 Å². The summed E-state index contributed by atoms with van der Waals surface area (Å²) in [4.78, 5) is 4.43. The van der Waals surface area contributed by atoms with Gasteiger partial charge in [0.15, 0.2) is 0 Å². The lowest BCUT2D eigenvalue weighted by molar-refractivity contribution is 0.491. The minimum absolute atomic E-state index is 0.0484. The second kappa shape index (κ2) is 7.70. The molecule has 0 fully saturated rings. The van der Waals surface area contributed by atoms with Gasteiger partial charge >= 0.3 is 0 Å². The number of aromatic nitrogens is 3. The van der Waals surface area contributed by atoms with Crippen molar-refractivity contribution in [1.29, 1.82) is 0 Å². The van der Waals surface area contributed by atoms with Crippen molar-refractivity contribution < 1.29 is 4.43 Å². The molecule has 5 nitrogen and oxygen atoms in total. The molecule has 30 heavy (non-hydrogen) atoms. The van der Waals surface area contributed by atoms with Crippen LogP contribution in [0.25, 0.3) is 5.70 Å². The van der Waals surface area contributed by atoms with Crippen molar-refractivity contribution in [2.75, 3.05) is 5.32 Å². The zero-order valence-electron chi connectivity index (χ0n) is 18.0. The molecule has 2 aromatic carbocycles. The molecule has 0 amide bonds. The van der Waals surface area contributed by atoms with Gasteiger partial charge in [-0.1, -0.05) is 61.0 Å². The number of nitrogens with one attached hydrogen (secondary N) is 1. The zero-order valence-corrected chi connectivity index (χ0v) is 20.6. The lowest BCUT2D eigenvalue weighted by Gasteiger charge is -2.37. The SMILES string of the molecule is CC(C)(C)[Si](C)(C)Oc1ccccc1C1=CC(c2ccc(Br)cc2)n2ncnc2N1. The molecule has 3 aromatic rings. The molecule has 4 rings (SSSR count). The number of nitrogens with zero attached hydrogens (tertiary/aromatic N) is 3. The minimum Gasteiger partial charge on any atom is -0.543 e. The Morgan fingerprint density at radius 3 is 2.47 bits per heavy atom. The van der Waals surface area contributed by atoms with Gasteiger partial charge in [0.25, 0.3) is 8.32 Å². The van der Waals surface area contributed by atoms with Crippen LogP contribution in [0.1, 0.15) is 37.9 Å². The van der Waals surface area contributed by atoms with E-state index in [-0.39, 0.29) is 11.1 Å². The van der Waals surface area contributed by atoms with Crippen molar-refractivity contribution in [3.8, 4) is 5.75 Å². The molecule has 0 saturated carbocycles. The lowest BCUT2D eigenvalue weighted by atomic mass is 10.0. The summed E-state index contributed by atoms with van der Waals surface area (Å²) >= 11 is 3.52. The van der Waals surface area contributed by atoms with Gasteiger partial charge in [0.05, 0.1) is 5.70 Å². The highest BCUT2D eigenvalue weighted by Gasteiger charge is 2.39. The monoisotopic (exact) mass is 482 g/mol. The van der Waals surface area contributed by atoms with Crippen LogP contribution in [0.2, 0.25) is 18.1 Å². The normalized spacial score (nSPS) is 16.5. The molecule has 1 aliphatic rings. The van der Waals surface area contributed by atoms with Crippen LogP contribution in [-0.2, 0) is 0 Å². The highest BCUT2D eigenvalue weighted by molar-refractivity contribution is 9.10. The minimum atomic E-state index is -1.98. The molecule has 0 radical (unpaired) electrons. The Labute approximate surface area is 187 Å². The molecule has 0 bridgehead atoms. The Bertz CT molecular complexity index is 1080. The summed E-state index contributed by atoms with van der Waals surface area (Å²) in [6.45, 7) is 11.3.